The van der Waals surface area contributed by atoms with Crippen molar-refractivity contribution in [2.45, 2.75) is 53.9 Å². The maximum Gasteiger partial charge on any atom is 0.276 e. The van der Waals surface area contributed by atoms with Gasteiger partial charge in [0.05, 0.1) is 41.8 Å². The van der Waals surface area contributed by atoms with Crippen LogP contribution in [0, 0.1) is 13.8 Å². The van der Waals surface area contributed by atoms with E-state index in [-0.39, 0.29) is 48.5 Å². The fourth-order valence-corrected chi connectivity index (χ4v) is 6.73. The molecule has 0 unspecified atom stereocenters. The molecule has 6 aromatic rings. The number of carbonyl (C=O) groups is 4. The Morgan fingerprint density at radius 1 is 0.714 bits per heavy atom. The lowest BCUT2D eigenvalue weighted by Gasteiger charge is -2.13. The Morgan fingerprint density at radius 2 is 1.21 bits per heavy atom. The number of methoxy groups -OCH3 is 1. The molecule has 0 aliphatic rings. The van der Waals surface area contributed by atoms with Crippen molar-refractivity contribution < 1.29 is 28.7 Å². The molecule has 0 saturated heterocycles. The summed E-state index contributed by atoms with van der Waals surface area (Å²) < 4.78 is 18.5. The molecule has 6 rings (SSSR count). The van der Waals surface area contributed by atoms with E-state index in [9.17, 15) is 19.2 Å². The van der Waals surface area contributed by atoms with Crippen LogP contribution in [0.2, 0.25) is 0 Å². The first kappa shape index (κ1) is 44.3. The molecule has 0 aliphatic carbocycles. The van der Waals surface area contributed by atoms with E-state index in [0.29, 0.717) is 75.9 Å². The second kappa shape index (κ2) is 19.4. The highest BCUT2D eigenvalue weighted by molar-refractivity contribution is 6.05. The second-order valence-corrected chi connectivity index (χ2v) is 14.0. The molecule has 2 aromatic carbocycles. The number of amides is 4. The zero-order valence-electron chi connectivity index (χ0n) is 35.5. The van der Waals surface area contributed by atoms with Gasteiger partial charge in [0.15, 0.2) is 0 Å². The Kier molecular flexibility index (Phi) is 13.7. The summed E-state index contributed by atoms with van der Waals surface area (Å²) in [6, 6.07) is 9.41. The van der Waals surface area contributed by atoms with Gasteiger partial charge >= 0.3 is 0 Å². The summed E-state index contributed by atoms with van der Waals surface area (Å²) in [5, 5.41) is 14.6. The molecule has 4 aromatic heterocycles. The number of aliphatic imine (C=N–C) groups is 1. The molecule has 10 N–H and O–H groups in total. The van der Waals surface area contributed by atoms with E-state index in [1.165, 1.54) is 43.8 Å². The highest BCUT2D eigenvalue weighted by Gasteiger charge is 2.23. The van der Waals surface area contributed by atoms with Crippen molar-refractivity contribution >= 4 is 63.8 Å². The number of hydrogen-bond donors (Lipinski definition) is 6. The van der Waals surface area contributed by atoms with Crippen molar-refractivity contribution in [1.82, 2.24) is 38.7 Å². The lowest BCUT2D eigenvalue weighted by Crippen LogP contribution is -2.20. The highest BCUT2D eigenvalue weighted by Crippen LogP contribution is 2.33. The largest absolute Gasteiger partial charge is 0.494 e. The van der Waals surface area contributed by atoms with Crippen LogP contribution in [0.5, 0.6) is 11.5 Å². The number of rotatable bonds is 19. The van der Waals surface area contributed by atoms with Crippen molar-refractivity contribution in [1.29, 1.82) is 0 Å². The Balaban J connectivity index is 1.39. The van der Waals surface area contributed by atoms with E-state index in [0.717, 1.165) is 0 Å². The fourth-order valence-electron chi connectivity index (χ4n) is 6.73. The van der Waals surface area contributed by atoms with E-state index in [1.807, 2.05) is 26.0 Å². The van der Waals surface area contributed by atoms with Crippen LogP contribution in [-0.2, 0) is 26.2 Å². The number of aryl methyl sites for hydroxylation is 4. The number of aromatic nitrogens is 8. The number of nitrogens with one attached hydrogen (secondary N) is 2. The first-order valence-corrected chi connectivity index (χ1v) is 19.8. The lowest BCUT2D eigenvalue weighted by atomic mass is 10.1. The van der Waals surface area contributed by atoms with Gasteiger partial charge < -0.3 is 41.5 Å². The van der Waals surface area contributed by atoms with E-state index in [2.05, 4.69) is 30.8 Å². The summed E-state index contributed by atoms with van der Waals surface area (Å²) in [6.07, 6.45) is 9.82. The minimum absolute atomic E-state index is 0.0762. The number of imidazole rings is 2. The molecule has 0 radical (unpaired) electrons. The molecule has 0 fully saturated rings. The molecular formula is C42H49N15O6. The Labute approximate surface area is 361 Å². The van der Waals surface area contributed by atoms with Crippen LogP contribution in [0.1, 0.15) is 66.9 Å². The zero-order valence-corrected chi connectivity index (χ0v) is 35.5. The average Bonchev–Trinajstić information content (AvgIpc) is 4.03. The van der Waals surface area contributed by atoms with E-state index in [1.54, 1.807) is 56.6 Å². The number of benzene rings is 2. The van der Waals surface area contributed by atoms with E-state index in [4.69, 9.17) is 37.4 Å². The highest BCUT2D eigenvalue weighted by atomic mass is 16.5. The maximum atomic E-state index is 13.8. The average molecular weight is 860 g/mol. The number of fused-ring (bicyclic) bond motifs is 2. The van der Waals surface area contributed by atoms with Gasteiger partial charge in [-0.15, -0.1) is 0 Å². The van der Waals surface area contributed by atoms with Crippen molar-refractivity contribution in [2.24, 2.45) is 27.9 Å². The Bertz CT molecular complexity index is 2840. The first-order valence-electron chi connectivity index (χ1n) is 19.8. The normalized spacial score (nSPS) is 12.0. The minimum atomic E-state index is -0.706. The number of ether oxygens (including phenoxy) is 2. The van der Waals surface area contributed by atoms with Gasteiger partial charge in [-0.05, 0) is 70.2 Å². The van der Waals surface area contributed by atoms with Crippen LogP contribution in [0.3, 0.4) is 0 Å². The second-order valence-electron chi connectivity index (χ2n) is 14.0. The predicted molar refractivity (Wildman–Crippen MR) is 238 cm³/mol. The molecule has 21 nitrogen and oxygen atoms in total. The molecule has 0 bridgehead atoms. The summed E-state index contributed by atoms with van der Waals surface area (Å²) in [4.78, 5) is 65.8. The van der Waals surface area contributed by atoms with Crippen LogP contribution in [0.15, 0.2) is 77.6 Å². The molecule has 4 heterocycles. The molecule has 328 valence electrons. The Hall–Kier alpha value is -8.23. The van der Waals surface area contributed by atoms with Crippen molar-refractivity contribution in [3.05, 3.63) is 107 Å². The van der Waals surface area contributed by atoms with Crippen LogP contribution >= 0.6 is 0 Å². The van der Waals surface area contributed by atoms with Crippen molar-refractivity contribution in [3.63, 3.8) is 0 Å². The van der Waals surface area contributed by atoms with Gasteiger partial charge in [-0.3, -0.25) is 44.2 Å². The third-order valence-electron chi connectivity index (χ3n) is 9.61. The first-order chi connectivity index (χ1) is 30.3. The third-order valence-corrected chi connectivity index (χ3v) is 9.61. The van der Waals surface area contributed by atoms with Gasteiger partial charge in [-0.1, -0.05) is 18.2 Å². The number of nitrogens with two attached hydrogens (primary N) is 4. The molecule has 0 aliphatic heterocycles. The van der Waals surface area contributed by atoms with Crippen LogP contribution in [-0.4, -0.2) is 88.8 Å². The van der Waals surface area contributed by atoms with E-state index >= 15 is 0 Å². The van der Waals surface area contributed by atoms with Crippen LogP contribution < -0.4 is 43.0 Å². The van der Waals surface area contributed by atoms with Gasteiger partial charge in [0.2, 0.25) is 23.7 Å². The summed E-state index contributed by atoms with van der Waals surface area (Å²) >= 11 is 0. The lowest BCUT2D eigenvalue weighted by molar-refractivity contribution is 0.0991. The molecular weight excluding hydrogens is 811 g/mol. The van der Waals surface area contributed by atoms with Gasteiger partial charge in [0, 0.05) is 49.7 Å². The van der Waals surface area contributed by atoms with Gasteiger partial charge in [-0.25, -0.2) is 9.97 Å². The van der Waals surface area contributed by atoms with Crippen molar-refractivity contribution in [3.8, 4) is 11.5 Å². The third kappa shape index (κ3) is 9.88. The summed E-state index contributed by atoms with van der Waals surface area (Å²) in [5.41, 5.74) is 26.6. The van der Waals surface area contributed by atoms with Gasteiger partial charge in [0.25, 0.3) is 11.8 Å². The monoisotopic (exact) mass is 859 g/mol. The molecule has 63 heavy (non-hydrogen) atoms. The van der Waals surface area contributed by atoms with Crippen molar-refractivity contribution in [2.75, 3.05) is 30.9 Å². The molecule has 0 spiro atoms. The number of carbonyl (C=O) groups excluding carboxylic acids is 4. The molecule has 4 amide bonds. The van der Waals surface area contributed by atoms with Gasteiger partial charge in [0.1, 0.15) is 40.5 Å². The molecule has 0 atom stereocenters. The standard InChI is InChI=1S/C42H49N15O6/c1-6-56-31(16-24(3)52-56)39(60)50-41-48-29-18-26(37(45)58)20-33(62-5)35(29)54(41)13-9-10-14-55-36-30(49-42(55)51-40(61)32-17-25(4)53-57(32)7-2)19-27(38(46)59)21-34(36)63-15-11-8-12-47-23-28(44)22-43/h8-11,16-23H,6-7,12-15,43-44H2,1-5H3,(H2,45,58)(H2,46,59)(H,48,50,60)(H,49,51,61)/b10-9+,11-8+,28-22+,47-23?. The maximum absolute atomic E-state index is 13.8. The predicted octanol–water partition coefficient (Wildman–Crippen LogP) is 3.17. The Morgan fingerprint density at radius 3 is 1.67 bits per heavy atom. The quantitative estimate of drug-likeness (QED) is 0.0506. The zero-order chi connectivity index (χ0) is 45.4. The topological polar surface area (TPSA) is 299 Å². The number of hydrogen-bond acceptors (Lipinski definition) is 13. The number of primary amides is 2. The summed E-state index contributed by atoms with van der Waals surface area (Å²) in [5.74, 6) is -1.42. The fraction of sp³-hybridized carbons (Fsp3) is 0.262. The minimum Gasteiger partial charge on any atom is -0.494 e. The van der Waals surface area contributed by atoms with E-state index < -0.39 is 23.6 Å². The smallest absolute Gasteiger partial charge is 0.276 e. The molecule has 21 heteroatoms. The number of anilines is 2. The number of nitrogens with zero attached hydrogens (tertiary/aromatic N) is 9. The van der Waals surface area contributed by atoms with Crippen LogP contribution in [0.4, 0.5) is 11.9 Å². The van der Waals surface area contributed by atoms with Crippen LogP contribution in [0.25, 0.3) is 22.1 Å². The SMILES string of the molecule is CCn1nc(C)cc1C(=O)Nc1nc2cc(C(N)=O)cc(OC)c2n1C/C=C/Cn1c(NC(=O)c2cc(C)nn2CC)nc2cc(C(N)=O)cc(OC/C=C/CN=C/C(N)=C\N)c21. The number of allylic oxidation sites excluding steroid dienone is 3. The van der Waals surface area contributed by atoms with Gasteiger partial charge in [-0.2, -0.15) is 10.2 Å². The molecule has 0 saturated carbocycles. The summed E-state index contributed by atoms with van der Waals surface area (Å²) in [7, 11) is 1.45. The summed E-state index contributed by atoms with van der Waals surface area (Å²) in [6.45, 7) is 8.90.